The van der Waals surface area contributed by atoms with Crippen molar-refractivity contribution in [2.24, 2.45) is 5.73 Å². The van der Waals surface area contributed by atoms with E-state index in [1.807, 2.05) is 25.6 Å². The maximum Gasteiger partial charge on any atom is 0.107 e. The van der Waals surface area contributed by atoms with Crippen molar-refractivity contribution < 1.29 is 0 Å². The van der Waals surface area contributed by atoms with Gasteiger partial charge in [-0.25, -0.2) is 0 Å². The molecule has 1 fully saturated rings. The normalized spacial score (nSPS) is 16.0. The second-order valence-corrected chi connectivity index (χ2v) is 5.87. The summed E-state index contributed by atoms with van der Waals surface area (Å²) >= 11 is 7.15. The number of hydrogen-bond donors (Lipinski definition) is 1. The first-order valence-electron chi connectivity index (χ1n) is 5.70. The highest BCUT2D eigenvalue weighted by molar-refractivity contribution is 7.99. The third kappa shape index (κ3) is 2.72. The second-order valence-electron chi connectivity index (χ2n) is 4.21. The lowest BCUT2D eigenvalue weighted by Crippen LogP contribution is -2.34. The second kappa shape index (κ2) is 5.23. The topological polar surface area (TPSA) is 42.1 Å². The summed E-state index contributed by atoms with van der Waals surface area (Å²) in [6.07, 6.45) is 0. The zero-order valence-electron chi connectivity index (χ0n) is 10.2. The van der Waals surface area contributed by atoms with Crippen molar-refractivity contribution >= 4 is 34.7 Å². The summed E-state index contributed by atoms with van der Waals surface area (Å²) in [6.45, 7) is 6.11. The molecule has 17 heavy (non-hydrogen) atoms. The first-order chi connectivity index (χ1) is 8.09. The van der Waals surface area contributed by atoms with Crippen molar-refractivity contribution in [2.45, 2.75) is 13.8 Å². The molecule has 1 aromatic rings. The molecule has 0 amide bonds. The Hall–Kier alpha value is -0.810. The van der Waals surface area contributed by atoms with Gasteiger partial charge in [0.25, 0.3) is 0 Å². The number of thioether (sulfide) groups is 1. The minimum Gasteiger partial charge on any atom is -0.389 e. The summed E-state index contributed by atoms with van der Waals surface area (Å²) < 4.78 is 0. The van der Waals surface area contributed by atoms with Crippen molar-refractivity contribution in [1.29, 1.82) is 0 Å². The summed E-state index contributed by atoms with van der Waals surface area (Å²) in [5, 5.41) is 0. The Kier molecular flexibility index (Phi) is 3.89. The molecular weight excluding hydrogens is 250 g/mol. The fourth-order valence-corrected chi connectivity index (χ4v) is 3.32. The highest BCUT2D eigenvalue weighted by Crippen LogP contribution is 2.26. The SMILES string of the molecule is Cc1cc(N2CCSCC2)c(C(N)=S)c(C)n1. The van der Waals surface area contributed by atoms with Gasteiger partial charge in [0.1, 0.15) is 4.99 Å². The number of aryl methyl sites for hydroxylation is 2. The van der Waals surface area contributed by atoms with Crippen molar-refractivity contribution in [3.8, 4) is 0 Å². The average molecular weight is 267 g/mol. The van der Waals surface area contributed by atoms with Gasteiger partial charge in [-0.05, 0) is 19.9 Å². The molecule has 0 saturated carbocycles. The van der Waals surface area contributed by atoms with Gasteiger partial charge in [0.2, 0.25) is 0 Å². The van der Waals surface area contributed by atoms with Gasteiger partial charge in [0, 0.05) is 36.0 Å². The molecule has 0 spiro atoms. The molecule has 1 aliphatic rings. The minimum absolute atomic E-state index is 0.447. The Bertz CT molecular complexity index is 440. The average Bonchev–Trinajstić information content (AvgIpc) is 2.28. The Morgan fingerprint density at radius 1 is 1.41 bits per heavy atom. The number of rotatable bonds is 2. The Labute approximate surface area is 112 Å². The number of pyridine rings is 1. The molecule has 0 radical (unpaired) electrons. The van der Waals surface area contributed by atoms with Gasteiger partial charge in [-0.15, -0.1) is 0 Å². The monoisotopic (exact) mass is 267 g/mol. The summed E-state index contributed by atoms with van der Waals surface area (Å²) in [5.74, 6) is 2.33. The van der Waals surface area contributed by atoms with Crippen LogP contribution in [0, 0.1) is 13.8 Å². The van der Waals surface area contributed by atoms with Crippen molar-refractivity contribution in [1.82, 2.24) is 4.98 Å². The molecule has 92 valence electrons. The molecule has 2 N–H and O–H groups in total. The summed E-state index contributed by atoms with van der Waals surface area (Å²) in [6, 6.07) is 2.09. The molecule has 0 unspecified atom stereocenters. The Balaban J connectivity index is 2.46. The zero-order valence-corrected chi connectivity index (χ0v) is 11.8. The van der Waals surface area contributed by atoms with Crippen LogP contribution in [0.15, 0.2) is 6.07 Å². The highest BCUT2D eigenvalue weighted by atomic mass is 32.2. The van der Waals surface area contributed by atoms with Crippen molar-refractivity contribution in [2.75, 3.05) is 29.5 Å². The van der Waals surface area contributed by atoms with Gasteiger partial charge in [-0.2, -0.15) is 11.8 Å². The number of nitrogens with two attached hydrogens (primary N) is 1. The molecule has 0 aliphatic carbocycles. The van der Waals surface area contributed by atoms with Crippen LogP contribution in [-0.4, -0.2) is 34.6 Å². The molecule has 2 heterocycles. The van der Waals surface area contributed by atoms with Crippen LogP contribution in [0.25, 0.3) is 0 Å². The van der Waals surface area contributed by atoms with Crippen LogP contribution in [0.5, 0.6) is 0 Å². The molecule has 1 aliphatic heterocycles. The van der Waals surface area contributed by atoms with E-state index in [1.165, 1.54) is 0 Å². The van der Waals surface area contributed by atoms with Crippen LogP contribution >= 0.6 is 24.0 Å². The molecule has 1 aromatic heterocycles. The Morgan fingerprint density at radius 3 is 2.65 bits per heavy atom. The van der Waals surface area contributed by atoms with E-state index in [0.717, 1.165) is 47.2 Å². The number of anilines is 1. The van der Waals surface area contributed by atoms with E-state index >= 15 is 0 Å². The maximum absolute atomic E-state index is 5.83. The fourth-order valence-electron chi connectivity index (χ4n) is 2.17. The van der Waals surface area contributed by atoms with Crippen LogP contribution in [-0.2, 0) is 0 Å². The van der Waals surface area contributed by atoms with Gasteiger partial charge >= 0.3 is 0 Å². The first-order valence-corrected chi connectivity index (χ1v) is 7.26. The lowest BCUT2D eigenvalue weighted by atomic mass is 10.1. The van der Waals surface area contributed by atoms with Gasteiger partial charge in [-0.1, -0.05) is 12.2 Å². The van der Waals surface area contributed by atoms with Crippen LogP contribution in [0.4, 0.5) is 5.69 Å². The quantitative estimate of drug-likeness (QED) is 0.829. The van der Waals surface area contributed by atoms with Crippen LogP contribution < -0.4 is 10.6 Å². The van der Waals surface area contributed by atoms with Gasteiger partial charge in [0.15, 0.2) is 0 Å². The van der Waals surface area contributed by atoms with E-state index < -0.39 is 0 Å². The van der Waals surface area contributed by atoms with E-state index in [-0.39, 0.29) is 0 Å². The maximum atomic E-state index is 5.83. The smallest absolute Gasteiger partial charge is 0.107 e. The number of aromatic nitrogens is 1. The predicted molar refractivity (Wildman–Crippen MR) is 79.1 cm³/mol. The summed E-state index contributed by atoms with van der Waals surface area (Å²) in [4.78, 5) is 7.27. The molecular formula is C12H17N3S2. The number of hydrogen-bond acceptors (Lipinski definition) is 4. The molecule has 0 bridgehead atoms. The summed E-state index contributed by atoms with van der Waals surface area (Å²) in [5.41, 5.74) is 9.89. The van der Waals surface area contributed by atoms with Crippen LogP contribution in [0.1, 0.15) is 17.0 Å². The lowest BCUT2D eigenvalue weighted by Gasteiger charge is -2.30. The van der Waals surface area contributed by atoms with E-state index in [1.54, 1.807) is 0 Å². The molecule has 3 nitrogen and oxygen atoms in total. The van der Waals surface area contributed by atoms with Gasteiger partial charge < -0.3 is 10.6 Å². The van der Waals surface area contributed by atoms with E-state index in [9.17, 15) is 0 Å². The fraction of sp³-hybridized carbons (Fsp3) is 0.500. The number of nitrogens with zero attached hydrogens (tertiary/aromatic N) is 2. The minimum atomic E-state index is 0.447. The summed E-state index contributed by atoms with van der Waals surface area (Å²) in [7, 11) is 0. The standard InChI is InChI=1S/C12H17N3S2/c1-8-7-10(15-3-5-17-6-4-15)11(12(13)16)9(2)14-8/h7H,3-6H2,1-2H3,(H2,13,16). The highest BCUT2D eigenvalue weighted by Gasteiger charge is 2.18. The third-order valence-corrected chi connectivity index (χ3v) is 4.05. The third-order valence-electron chi connectivity index (χ3n) is 2.91. The van der Waals surface area contributed by atoms with Crippen LogP contribution in [0.3, 0.4) is 0 Å². The van der Waals surface area contributed by atoms with Gasteiger partial charge in [0.05, 0.1) is 11.3 Å². The van der Waals surface area contributed by atoms with E-state index in [0.29, 0.717) is 4.99 Å². The number of thiocarbonyl (C=S) groups is 1. The predicted octanol–water partition coefficient (Wildman–Crippen LogP) is 1.89. The lowest BCUT2D eigenvalue weighted by molar-refractivity contribution is 0.852. The Morgan fingerprint density at radius 2 is 2.06 bits per heavy atom. The largest absolute Gasteiger partial charge is 0.389 e. The molecule has 1 saturated heterocycles. The van der Waals surface area contributed by atoms with Crippen molar-refractivity contribution in [3.05, 3.63) is 23.0 Å². The molecule has 0 aromatic carbocycles. The molecule has 0 atom stereocenters. The zero-order chi connectivity index (χ0) is 12.4. The van der Waals surface area contributed by atoms with E-state index in [2.05, 4.69) is 16.0 Å². The van der Waals surface area contributed by atoms with E-state index in [4.69, 9.17) is 18.0 Å². The van der Waals surface area contributed by atoms with Crippen LogP contribution in [0.2, 0.25) is 0 Å². The first kappa shape index (κ1) is 12.6. The van der Waals surface area contributed by atoms with Crippen molar-refractivity contribution in [3.63, 3.8) is 0 Å². The molecule has 5 heteroatoms. The van der Waals surface area contributed by atoms with Gasteiger partial charge in [-0.3, -0.25) is 4.98 Å². The molecule has 2 rings (SSSR count).